The largest absolute Gasteiger partial charge is 0.497 e. The molecule has 2 aromatic rings. The van der Waals surface area contributed by atoms with E-state index in [1.807, 2.05) is 24.3 Å². The molecule has 1 heterocycles. The van der Waals surface area contributed by atoms with Crippen LogP contribution in [0, 0.1) is 0 Å². The molecule has 152 valence electrons. The van der Waals surface area contributed by atoms with Gasteiger partial charge in [0.15, 0.2) is 17.3 Å². The summed E-state index contributed by atoms with van der Waals surface area (Å²) in [6.45, 7) is 0. The minimum Gasteiger partial charge on any atom is -0.497 e. The van der Waals surface area contributed by atoms with E-state index in [0.717, 1.165) is 15.6 Å². The lowest BCUT2D eigenvalue weighted by Gasteiger charge is -2.31. The third kappa shape index (κ3) is 4.62. The fraction of sp³-hybridized carbons (Fsp3) is 0.273. The first-order valence-electron chi connectivity index (χ1n) is 9.03. The van der Waals surface area contributed by atoms with Crippen LogP contribution in [0.5, 0.6) is 17.2 Å². The minimum absolute atomic E-state index is 0.0193. The van der Waals surface area contributed by atoms with Crippen molar-refractivity contribution in [2.75, 3.05) is 21.3 Å². The van der Waals surface area contributed by atoms with Gasteiger partial charge in [-0.2, -0.15) is 0 Å². The number of amides is 1. The van der Waals surface area contributed by atoms with Crippen molar-refractivity contribution in [2.45, 2.75) is 18.9 Å². The molecule has 1 unspecified atom stereocenters. The van der Waals surface area contributed by atoms with Crippen molar-refractivity contribution in [1.29, 1.82) is 0 Å². The Morgan fingerprint density at radius 2 is 1.83 bits per heavy atom. The highest BCUT2D eigenvalue weighted by molar-refractivity contribution is 9.10. The minimum atomic E-state index is -0.381. The summed E-state index contributed by atoms with van der Waals surface area (Å²) < 4.78 is 16.7. The van der Waals surface area contributed by atoms with Crippen LogP contribution in [0.2, 0.25) is 0 Å². The summed E-state index contributed by atoms with van der Waals surface area (Å²) in [5.74, 6) is 1.66. The molecule has 6 nitrogen and oxygen atoms in total. The number of halogens is 1. The number of ketones is 1. The van der Waals surface area contributed by atoms with Crippen LogP contribution in [0.15, 0.2) is 53.1 Å². The molecule has 0 aliphatic carbocycles. The van der Waals surface area contributed by atoms with Gasteiger partial charge in [0.05, 0.1) is 33.8 Å². The molecule has 29 heavy (non-hydrogen) atoms. The van der Waals surface area contributed by atoms with Gasteiger partial charge in [-0.3, -0.25) is 9.59 Å². The molecular formula is C22H22BrNO5. The quantitative estimate of drug-likeness (QED) is 0.651. The Hall–Kier alpha value is -2.80. The fourth-order valence-corrected chi connectivity index (χ4v) is 3.76. The zero-order chi connectivity index (χ0) is 21.0. The Morgan fingerprint density at radius 1 is 1.10 bits per heavy atom. The summed E-state index contributed by atoms with van der Waals surface area (Å²) in [5, 5.41) is 0. The molecule has 0 aromatic heterocycles. The number of rotatable bonds is 6. The lowest BCUT2D eigenvalue weighted by Crippen LogP contribution is -2.35. The fourth-order valence-electron chi connectivity index (χ4n) is 3.29. The smallest absolute Gasteiger partial charge is 0.231 e. The van der Waals surface area contributed by atoms with E-state index in [0.29, 0.717) is 17.2 Å². The van der Waals surface area contributed by atoms with Gasteiger partial charge in [-0.1, -0.05) is 28.1 Å². The second kappa shape index (κ2) is 9.13. The second-order valence-electron chi connectivity index (χ2n) is 6.55. The van der Waals surface area contributed by atoms with Gasteiger partial charge < -0.3 is 19.1 Å². The third-order valence-electron chi connectivity index (χ3n) is 4.81. The van der Waals surface area contributed by atoms with E-state index in [1.54, 1.807) is 44.6 Å². The summed E-state index contributed by atoms with van der Waals surface area (Å²) in [6, 6.07) is 10.6. The van der Waals surface area contributed by atoms with E-state index in [9.17, 15) is 9.59 Å². The molecule has 0 N–H and O–H groups in total. The van der Waals surface area contributed by atoms with Crippen molar-refractivity contribution in [3.05, 3.63) is 64.3 Å². The van der Waals surface area contributed by atoms with Gasteiger partial charge in [0.25, 0.3) is 0 Å². The number of methoxy groups -OCH3 is 3. The normalized spacial score (nSPS) is 15.9. The molecule has 0 fully saturated rings. The molecule has 1 aliphatic heterocycles. The van der Waals surface area contributed by atoms with Gasteiger partial charge >= 0.3 is 0 Å². The maximum atomic E-state index is 13.2. The first-order chi connectivity index (χ1) is 14.0. The summed E-state index contributed by atoms with van der Waals surface area (Å²) in [6.07, 6.45) is 3.37. The van der Waals surface area contributed by atoms with Crippen molar-refractivity contribution < 1.29 is 23.8 Å². The monoisotopic (exact) mass is 459 g/mol. The first-order valence-corrected chi connectivity index (χ1v) is 9.82. The Labute approximate surface area is 178 Å². The van der Waals surface area contributed by atoms with E-state index in [-0.39, 0.29) is 30.6 Å². The molecule has 0 saturated carbocycles. The van der Waals surface area contributed by atoms with Crippen LogP contribution in [-0.4, -0.2) is 37.9 Å². The zero-order valence-electron chi connectivity index (χ0n) is 16.5. The first kappa shape index (κ1) is 20.9. The highest BCUT2D eigenvalue weighted by Gasteiger charge is 2.29. The SMILES string of the molecule is COc1cccc(C2CC(=O)C=CN2C(=O)Cc2cc(OC)c(OC)cc2Br)c1. The zero-order valence-corrected chi connectivity index (χ0v) is 18.1. The lowest BCUT2D eigenvalue weighted by atomic mass is 9.96. The molecular weight excluding hydrogens is 438 g/mol. The number of carbonyl (C=O) groups excluding carboxylic acids is 2. The molecule has 3 rings (SSSR count). The second-order valence-corrected chi connectivity index (χ2v) is 7.41. The molecule has 0 bridgehead atoms. The van der Waals surface area contributed by atoms with Crippen LogP contribution >= 0.6 is 15.9 Å². The number of carbonyl (C=O) groups is 2. The maximum Gasteiger partial charge on any atom is 0.231 e. The molecule has 1 aliphatic rings. The Kier molecular flexibility index (Phi) is 6.59. The van der Waals surface area contributed by atoms with Gasteiger partial charge in [0, 0.05) is 17.1 Å². The predicted molar refractivity (Wildman–Crippen MR) is 112 cm³/mol. The molecule has 7 heteroatoms. The van der Waals surface area contributed by atoms with Crippen LogP contribution in [0.1, 0.15) is 23.6 Å². The van der Waals surface area contributed by atoms with Gasteiger partial charge in [0.1, 0.15) is 5.75 Å². The van der Waals surface area contributed by atoms with Crippen LogP contribution in [-0.2, 0) is 16.0 Å². The standard InChI is InChI=1S/C22H22BrNO5/c1-27-17-6-4-5-14(9-17)19-12-16(25)7-8-24(19)22(26)11-15-10-20(28-2)21(29-3)13-18(15)23/h4-10,13,19H,11-12H2,1-3H3. The van der Waals surface area contributed by atoms with Gasteiger partial charge in [0.2, 0.25) is 5.91 Å². The van der Waals surface area contributed by atoms with Gasteiger partial charge in [-0.25, -0.2) is 0 Å². The average Bonchev–Trinajstić information content (AvgIpc) is 2.74. The van der Waals surface area contributed by atoms with E-state index in [2.05, 4.69) is 15.9 Å². The van der Waals surface area contributed by atoms with E-state index in [4.69, 9.17) is 14.2 Å². The topological polar surface area (TPSA) is 65.1 Å². The lowest BCUT2D eigenvalue weighted by molar-refractivity contribution is -0.131. The summed E-state index contributed by atoms with van der Waals surface area (Å²) in [4.78, 5) is 26.8. The highest BCUT2D eigenvalue weighted by Crippen LogP contribution is 2.35. The van der Waals surface area contributed by atoms with Crippen molar-refractivity contribution in [3.8, 4) is 17.2 Å². The molecule has 1 atom stereocenters. The summed E-state index contributed by atoms with van der Waals surface area (Å²) >= 11 is 3.50. The molecule has 0 radical (unpaired) electrons. The number of ether oxygens (including phenoxy) is 3. The molecule has 2 aromatic carbocycles. The van der Waals surface area contributed by atoms with Crippen LogP contribution in [0.4, 0.5) is 0 Å². The summed E-state index contributed by atoms with van der Waals surface area (Å²) in [7, 11) is 4.70. The molecule has 1 amide bonds. The van der Waals surface area contributed by atoms with Crippen molar-refractivity contribution >= 4 is 27.6 Å². The predicted octanol–water partition coefficient (Wildman–Crippen LogP) is 4.07. The van der Waals surface area contributed by atoms with Crippen LogP contribution in [0.3, 0.4) is 0 Å². The number of nitrogens with zero attached hydrogens (tertiary/aromatic N) is 1. The van der Waals surface area contributed by atoms with Crippen LogP contribution in [0.25, 0.3) is 0 Å². The summed E-state index contributed by atoms with van der Waals surface area (Å²) in [5.41, 5.74) is 1.61. The molecule has 0 spiro atoms. The van der Waals surface area contributed by atoms with Crippen molar-refractivity contribution in [2.24, 2.45) is 0 Å². The number of hydrogen-bond donors (Lipinski definition) is 0. The Balaban J connectivity index is 1.90. The Morgan fingerprint density at radius 3 is 2.52 bits per heavy atom. The third-order valence-corrected chi connectivity index (χ3v) is 5.55. The van der Waals surface area contributed by atoms with Gasteiger partial charge in [-0.15, -0.1) is 0 Å². The van der Waals surface area contributed by atoms with E-state index in [1.165, 1.54) is 6.08 Å². The highest BCUT2D eigenvalue weighted by atomic mass is 79.9. The number of hydrogen-bond acceptors (Lipinski definition) is 5. The van der Waals surface area contributed by atoms with Crippen molar-refractivity contribution in [1.82, 2.24) is 4.90 Å². The van der Waals surface area contributed by atoms with E-state index < -0.39 is 0 Å². The maximum absolute atomic E-state index is 13.2. The Bertz CT molecular complexity index is 956. The average molecular weight is 460 g/mol. The number of benzene rings is 2. The molecule has 0 saturated heterocycles. The van der Waals surface area contributed by atoms with Gasteiger partial charge in [-0.05, 0) is 41.5 Å². The van der Waals surface area contributed by atoms with Crippen LogP contribution < -0.4 is 14.2 Å². The van der Waals surface area contributed by atoms with Crippen molar-refractivity contribution in [3.63, 3.8) is 0 Å². The van der Waals surface area contributed by atoms with E-state index >= 15 is 0 Å². The number of allylic oxidation sites excluding steroid dienone is 1.